The number of non-ortho nitro benzene ring substituents is 1. The van der Waals surface area contributed by atoms with Gasteiger partial charge in [-0.15, -0.1) is 17.1 Å². The molecule has 0 saturated heterocycles. The van der Waals surface area contributed by atoms with Gasteiger partial charge in [0.1, 0.15) is 0 Å². The summed E-state index contributed by atoms with van der Waals surface area (Å²) in [5.74, 6) is -0.565. The van der Waals surface area contributed by atoms with Crippen LogP contribution in [0.1, 0.15) is 32.1 Å². The van der Waals surface area contributed by atoms with Crippen LogP contribution in [-0.4, -0.2) is 10.8 Å². The van der Waals surface area contributed by atoms with Gasteiger partial charge in [0.2, 0.25) is 0 Å². The van der Waals surface area contributed by atoms with Crippen molar-refractivity contribution < 1.29 is 14.8 Å². The average molecular weight is 317 g/mol. The van der Waals surface area contributed by atoms with Crippen LogP contribution in [0.25, 0.3) is 0 Å². The lowest BCUT2D eigenvalue weighted by Crippen LogP contribution is -2.22. The van der Waals surface area contributed by atoms with Gasteiger partial charge < -0.3 is 10.4 Å². The number of amides is 1. The second-order valence-electron chi connectivity index (χ2n) is 5.14. The molecule has 0 fully saturated rings. The zero-order valence-electron chi connectivity index (χ0n) is 11.6. The number of carbonyl (C=O) groups excluding carboxylic acids is 1. The average Bonchev–Trinajstić information content (AvgIpc) is 3.07. The molecule has 1 aromatic carbocycles. The molecule has 0 atom stereocenters. The third-order valence-corrected chi connectivity index (χ3v) is 4.90. The summed E-state index contributed by atoms with van der Waals surface area (Å²) >= 11 is 1.48. The normalized spacial score (nSPS) is 12.9. The summed E-state index contributed by atoms with van der Waals surface area (Å²) in [6, 6.07) is 5.42. The molecule has 3 rings (SSSR count). The fourth-order valence-electron chi connectivity index (χ4n) is 2.52. The molecule has 1 N–H and O–H groups in total. The van der Waals surface area contributed by atoms with Crippen molar-refractivity contribution in [3.05, 3.63) is 55.3 Å². The van der Waals surface area contributed by atoms with E-state index in [1.54, 1.807) is 0 Å². The SMILES string of the molecule is O=C(NCc1cc([N+](=O)[O-])ccc1[O-])c1cc2c(s1)CCC2. The third-order valence-electron chi connectivity index (χ3n) is 3.66. The van der Waals surface area contributed by atoms with Crippen LogP contribution in [0.4, 0.5) is 5.69 Å². The lowest BCUT2D eigenvalue weighted by Gasteiger charge is -2.13. The third kappa shape index (κ3) is 2.80. The summed E-state index contributed by atoms with van der Waals surface area (Å²) in [6.07, 6.45) is 3.16. The Hall–Kier alpha value is -2.41. The fourth-order valence-corrected chi connectivity index (χ4v) is 3.69. The lowest BCUT2D eigenvalue weighted by molar-refractivity contribution is -0.385. The minimum Gasteiger partial charge on any atom is -0.872 e. The fraction of sp³-hybridized carbons (Fsp3) is 0.267. The molecule has 2 aromatic rings. The minimum absolute atomic E-state index is 0.0120. The molecule has 0 bridgehead atoms. The predicted molar refractivity (Wildman–Crippen MR) is 80.1 cm³/mol. The van der Waals surface area contributed by atoms with Crippen LogP contribution in [0, 0.1) is 10.1 Å². The molecule has 6 nitrogen and oxygen atoms in total. The number of thiophene rings is 1. The van der Waals surface area contributed by atoms with E-state index in [4.69, 9.17) is 0 Å². The first kappa shape index (κ1) is 14.5. The number of aryl methyl sites for hydroxylation is 2. The van der Waals surface area contributed by atoms with Crippen LogP contribution in [0.2, 0.25) is 0 Å². The maximum absolute atomic E-state index is 12.1. The highest BCUT2D eigenvalue weighted by atomic mass is 32.1. The summed E-state index contributed by atoms with van der Waals surface area (Å²) in [5, 5.41) is 25.1. The molecule has 0 aliphatic heterocycles. The quantitative estimate of drug-likeness (QED) is 0.690. The zero-order valence-corrected chi connectivity index (χ0v) is 12.4. The van der Waals surface area contributed by atoms with Gasteiger partial charge in [0, 0.05) is 23.6 Å². The van der Waals surface area contributed by atoms with Crippen molar-refractivity contribution in [1.82, 2.24) is 5.32 Å². The van der Waals surface area contributed by atoms with Crippen LogP contribution in [0.5, 0.6) is 5.75 Å². The number of rotatable bonds is 4. The monoisotopic (exact) mass is 317 g/mol. The number of carbonyl (C=O) groups is 1. The summed E-state index contributed by atoms with van der Waals surface area (Å²) in [5.41, 5.74) is 1.29. The van der Waals surface area contributed by atoms with Crippen molar-refractivity contribution in [2.75, 3.05) is 0 Å². The number of nitro benzene ring substituents is 1. The first-order valence-electron chi connectivity index (χ1n) is 6.88. The van der Waals surface area contributed by atoms with Gasteiger partial charge in [0.25, 0.3) is 11.6 Å². The van der Waals surface area contributed by atoms with E-state index in [9.17, 15) is 20.0 Å². The highest BCUT2D eigenvalue weighted by Gasteiger charge is 2.18. The first-order chi connectivity index (χ1) is 10.5. The van der Waals surface area contributed by atoms with Gasteiger partial charge in [-0.1, -0.05) is 6.07 Å². The Morgan fingerprint density at radius 2 is 2.14 bits per heavy atom. The highest BCUT2D eigenvalue weighted by molar-refractivity contribution is 7.14. The molecular formula is C15H13N2O4S-. The van der Waals surface area contributed by atoms with Gasteiger partial charge in [-0.25, -0.2) is 0 Å². The standard InChI is InChI=1S/C15H14N2O4S/c18-12-5-4-11(17(20)21)6-10(12)8-16-15(19)14-7-9-2-1-3-13(9)22-14/h4-7,18H,1-3,8H2,(H,16,19)/p-1. The molecule has 1 heterocycles. The molecule has 0 saturated carbocycles. The number of benzene rings is 1. The molecule has 114 valence electrons. The Morgan fingerprint density at radius 3 is 2.86 bits per heavy atom. The highest BCUT2D eigenvalue weighted by Crippen LogP contribution is 2.30. The molecule has 22 heavy (non-hydrogen) atoms. The number of nitrogens with zero attached hydrogens (tertiary/aromatic N) is 1. The van der Waals surface area contributed by atoms with Crippen LogP contribution in [-0.2, 0) is 19.4 Å². The van der Waals surface area contributed by atoms with Crippen LogP contribution in [0.15, 0.2) is 24.3 Å². The summed E-state index contributed by atoms with van der Waals surface area (Å²) in [7, 11) is 0. The van der Waals surface area contributed by atoms with Crippen molar-refractivity contribution in [3.63, 3.8) is 0 Å². The van der Waals surface area contributed by atoms with Crippen molar-refractivity contribution >= 4 is 22.9 Å². The van der Waals surface area contributed by atoms with E-state index in [1.807, 2.05) is 6.07 Å². The van der Waals surface area contributed by atoms with Gasteiger partial charge in [-0.3, -0.25) is 14.9 Å². The Balaban J connectivity index is 1.70. The van der Waals surface area contributed by atoms with Gasteiger partial charge in [-0.2, -0.15) is 0 Å². The molecule has 1 aromatic heterocycles. The molecule has 1 aliphatic rings. The summed E-state index contributed by atoms with van der Waals surface area (Å²) in [4.78, 5) is 24.2. The molecule has 0 unspecified atom stereocenters. The number of hydrogen-bond acceptors (Lipinski definition) is 5. The lowest BCUT2D eigenvalue weighted by atomic mass is 10.1. The van der Waals surface area contributed by atoms with E-state index in [0.29, 0.717) is 4.88 Å². The number of hydrogen-bond donors (Lipinski definition) is 1. The minimum atomic E-state index is -0.561. The molecule has 1 amide bonds. The van der Waals surface area contributed by atoms with Gasteiger partial charge in [-0.05, 0) is 36.5 Å². The maximum atomic E-state index is 12.1. The first-order valence-corrected chi connectivity index (χ1v) is 7.70. The van der Waals surface area contributed by atoms with Crippen molar-refractivity contribution in [3.8, 4) is 5.75 Å². The molecule has 1 aliphatic carbocycles. The van der Waals surface area contributed by atoms with Crippen LogP contribution in [0.3, 0.4) is 0 Å². The van der Waals surface area contributed by atoms with E-state index in [0.717, 1.165) is 31.4 Å². The second kappa shape index (κ2) is 5.76. The Morgan fingerprint density at radius 1 is 1.32 bits per heavy atom. The summed E-state index contributed by atoms with van der Waals surface area (Å²) in [6.45, 7) is -0.0120. The second-order valence-corrected chi connectivity index (χ2v) is 6.28. The van der Waals surface area contributed by atoms with E-state index in [2.05, 4.69) is 5.32 Å². The number of nitro groups is 1. The van der Waals surface area contributed by atoms with Crippen molar-refractivity contribution in [2.45, 2.75) is 25.8 Å². The molecule has 0 radical (unpaired) electrons. The van der Waals surface area contributed by atoms with E-state index < -0.39 is 4.92 Å². The summed E-state index contributed by atoms with van der Waals surface area (Å²) < 4.78 is 0. The van der Waals surface area contributed by atoms with Crippen molar-refractivity contribution in [1.29, 1.82) is 0 Å². The molecule has 0 spiro atoms. The van der Waals surface area contributed by atoms with Crippen molar-refractivity contribution in [2.24, 2.45) is 0 Å². The Labute approximate surface area is 130 Å². The number of fused-ring (bicyclic) bond motifs is 1. The van der Waals surface area contributed by atoms with E-state index in [1.165, 1.54) is 27.8 Å². The van der Waals surface area contributed by atoms with Gasteiger partial charge >= 0.3 is 0 Å². The Bertz CT molecular complexity index is 732. The topological polar surface area (TPSA) is 95.3 Å². The zero-order chi connectivity index (χ0) is 15.7. The van der Waals surface area contributed by atoms with Gasteiger partial charge in [0.05, 0.1) is 9.80 Å². The smallest absolute Gasteiger partial charge is 0.269 e. The predicted octanol–water partition coefficient (Wildman–Crippen LogP) is 2.15. The number of nitrogens with one attached hydrogen (secondary N) is 1. The molecular weight excluding hydrogens is 304 g/mol. The molecule has 7 heteroatoms. The van der Waals surface area contributed by atoms with Crippen LogP contribution >= 0.6 is 11.3 Å². The Kier molecular flexibility index (Phi) is 3.81. The van der Waals surface area contributed by atoms with E-state index in [-0.39, 0.29) is 29.5 Å². The van der Waals surface area contributed by atoms with Gasteiger partial charge in [0.15, 0.2) is 0 Å². The van der Waals surface area contributed by atoms with Crippen LogP contribution < -0.4 is 10.4 Å². The van der Waals surface area contributed by atoms with E-state index >= 15 is 0 Å². The maximum Gasteiger partial charge on any atom is 0.269 e. The largest absolute Gasteiger partial charge is 0.872 e.